The Labute approximate surface area is 119 Å². The van der Waals surface area contributed by atoms with Gasteiger partial charge in [0.1, 0.15) is 5.82 Å². The monoisotopic (exact) mass is 275 g/mol. The summed E-state index contributed by atoms with van der Waals surface area (Å²) >= 11 is 0. The van der Waals surface area contributed by atoms with Gasteiger partial charge in [-0.2, -0.15) is 0 Å². The Morgan fingerprint density at radius 3 is 2.55 bits per heavy atom. The van der Waals surface area contributed by atoms with Gasteiger partial charge in [-0.25, -0.2) is 9.78 Å². The van der Waals surface area contributed by atoms with Gasteiger partial charge in [0.15, 0.2) is 0 Å². The maximum atomic E-state index is 11.9. The normalized spacial score (nSPS) is 20.3. The largest absolute Gasteiger partial charge is 0.351 e. The molecule has 1 aromatic heterocycles. The van der Waals surface area contributed by atoms with E-state index in [9.17, 15) is 4.79 Å². The fourth-order valence-electron chi connectivity index (χ4n) is 2.87. The Morgan fingerprint density at radius 2 is 1.85 bits per heavy atom. The number of amides is 2. The zero-order valence-corrected chi connectivity index (χ0v) is 11.6. The zero-order chi connectivity index (χ0) is 13.8. The molecule has 0 radical (unpaired) electrons. The minimum atomic E-state index is -0.0271. The Morgan fingerprint density at radius 1 is 1.10 bits per heavy atom. The van der Waals surface area contributed by atoms with E-state index in [0.717, 1.165) is 31.7 Å². The highest BCUT2D eigenvalue weighted by molar-refractivity contribution is 5.75. The third-order valence-electron chi connectivity index (χ3n) is 4.03. The molecular weight excluding hydrogens is 254 g/mol. The lowest BCUT2D eigenvalue weighted by molar-refractivity contribution is 0.226. The van der Waals surface area contributed by atoms with Crippen molar-refractivity contribution in [2.24, 2.45) is 0 Å². The van der Waals surface area contributed by atoms with Gasteiger partial charge in [-0.05, 0) is 12.8 Å². The van der Waals surface area contributed by atoms with Gasteiger partial charge >= 0.3 is 6.03 Å². The van der Waals surface area contributed by atoms with Crippen molar-refractivity contribution >= 4 is 11.8 Å². The van der Waals surface area contributed by atoms with E-state index in [1.807, 2.05) is 0 Å². The fourth-order valence-corrected chi connectivity index (χ4v) is 2.87. The summed E-state index contributed by atoms with van der Waals surface area (Å²) in [6.45, 7) is 1.60. The quantitative estimate of drug-likeness (QED) is 0.872. The molecule has 2 amide bonds. The number of aromatic nitrogens is 2. The molecule has 2 fully saturated rings. The summed E-state index contributed by atoms with van der Waals surface area (Å²) in [6, 6.07) is 0.543. The van der Waals surface area contributed by atoms with Gasteiger partial charge < -0.3 is 15.5 Å². The van der Waals surface area contributed by atoms with Crippen molar-refractivity contribution in [3.63, 3.8) is 0 Å². The summed E-state index contributed by atoms with van der Waals surface area (Å²) in [5, 5.41) is 6.10. The third-order valence-corrected chi connectivity index (χ3v) is 4.03. The maximum absolute atomic E-state index is 11.9. The zero-order valence-electron chi connectivity index (χ0n) is 11.6. The molecule has 20 heavy (non-hydrogen) atoms. The molecule has 2 heterocycles. The van der Waals surface area contributed by atoms with Crippen LogP contribution >= 0.6 is 0 Å². The number of nitrogens with one attached hydrogen (secondary N) is 2. The number of rotatable bonds is 3. The molecule has 3 rings (SSSR count). The van der Waals surface area contributed by atoms with E-state index < -0.39 is 0 Å². The van der Waals surface area contributed by atoms with Crippen molar-refractivity contribution in [1.29, 1.82) is 0 Å². The van der Waals surface area contributed by atoms with E-state index in [1.165, 1.54) is 19.3 Å². The number of anilines is 1. The van der Waals surface area contributed by atoms with E-state index in [1.54, 1.807) is 18.6 Å². The van der Waals surface area contributed by atoms with Crippen molar-refractivity contribution in [3.8, 4) is 0 Å². The van der Waals surface area contributed by atoms with E-state index in [-0.39, 0.29) is 12.1 Å². The lowest BCUT2D eigenvalue weighted by Gasteiger charge is -2.40. The first-order chi connectivity index (χ1) is 9.81. The number of nitrogens with zero attached hydrogens (tertiary/aromatic N) is 3. The molecule has 2 aliphatic rings. The van der Waals surface area contributed by atoms with Crippen molar-refractivity contribution in [2.45, 2.75) is 44.2 Å². The van der Waals surface area contributed by atoms with Crippen LogP contribution in [0.2, 0.25) is 0 Å². The highest BCUT2D eigenvalue weighted by atomic mass is 16.2. The van der Waals surface area contributed by atoms with Crippen LogP contribution in [0.5, 0.6) is 0 Å². The molecule has 0 atom stereocenters. The first-order valence-electron chi connectivity index (χ1n) is 7.39. The molecule has 6 heteroatoms. The lowest BCUT2D eigenvalue weighted by atomic mass is 9.96. The van der Waals surface area contributed by atoms with E-state index in [0.29, 0.717) is 6.04 Å². The summed E-state index contributed by atoms with van der Waals surface area (Å²) < 4.78 is 0. The average Bonchev–Trinajstić information content (AvgIpc) is 2.44. The Bertz CT molecular complexity index is 440. The van der Waals surface area contributed by atoms with Crippen LogP contribution in [-0.4, -0.2) is 41.2 Å². The van der Waals surface area contributed by atoms with Crippen LogP contribution in [-0.2, 0) is 0 Å². The van der Waals surface area contributed by atoms with Gasteiger partial charge in [0.25, 0.3) is 0 Å². The Kier molecular flexibility index (Phi) is 3.99. The first kappa shape index (κ1) is 13.1. The molecule has 1 saturated heterocycles. The first-order valence-corrected chi connectivity index (χ1v) is 7.39. The van der Waals surface area contributed by atoms with Crippen molar-refractivity contribution in [1.82, 2.24) is 20.6 Å². The highest BCUT2D eigenvalue weighted by Crippen LogP contribution is 2.18. The summed E-state index contributed by atoms with van der Waals surface area (Å²) in [4.78, 5) is 22.3. The van der Waals surface area contributed by atoms with Crippen LogP contribution in [0.3, 0.4) is 0 Å². The standard InChI is InChI=1S/C14H21N5O/c20-14(17-11-4-2-1-3-5-11)18-12-9-19(10-12)13-8-15-6-7-16-13/h6-8,11-12H,1-5,9-10H2,(H2,17,18,20). The molecule has 1 aromatic rings. The van der Waals surface area contributed by atoms with Crippen LogP contribution < -0.4 is 15.5 Å². The minimum Gasteiger partial charge on any atom is -0.351 e. The van der Waals surface area contributed by atoms with Crippen molar-refractivity contribution < 1.29 is 4.79 Å². The molecule has 108 valence electrons. The molecule has 2 N–H and O–H groups in total. The molecule has 0 spiro atoms. The van der Waals surface area contributed by atoms with Crippen LogP contribution in [0.25, 0.3) is 0 Å². The molecular formula is C14H21N5O. The summed E-state index contributed by atoms with van der Waals surface area (Å²) in [7, 11) is 0. The van der Waals surface area contributed by atoms with Crippen molar-refractivity contribution in [3.05, 3.63) is 18.6 Å². The average molecular weight is 275 g/mol. The maximum Gasteiger partial charge on any atom is 0.315 e. The Balaban J connectivity index is 1.39. The second kappa shape index (κ2) is 6.07. The van der Waals surface area contributed by atoms with Gasteiger partial charge in [-0.1, -0.05) is 19.3 Å². The highest BCUT2D eigenvalue weighted by Gasteiger charge is 2.29. The third kappa shape index (κ3) is 3.18. The number of hydrogen-bond acceptors (Lipinski definition) is 4. The Hall–Kier alpha value is -1.85. The molecule has 6 nitrogen and oxygen atoms in total. The molecule has 0 bridgehead atoms. The summed E-state index contributed by atoms with van der Waals surface area (Å²) in [5.74, 6) is 0.873. The molecule has 0 unspecified atom stereocenters. The SMILES string of the molecule is O=C(NC1CCCCC1)NC1CN(c2cnccn2)C1. The number of hydrogen-bond donors (Lipinski definition) is 2. The lowest BCUT2D eigenvalue weighted by Crippen LogP contribution is -2.61. The van der Waals surface area contributed by atoms with Crippen LogP contribution in [0, 0.1) is 0 Å². The van der Waals surface area contributed by atoms with Crippen molar-refractivity contribution in [2.75, 3.05) is 18.0 Å². The molecule has 1 aliphatic carbocycles. The minimum absolute atomic E-state index is 0.0271. The second-order valence-corrected chi connectivity index (χ2v) is 5.62. The van der Waals surface area contributed by atoms with E-state index in [4.69, 9.17) is 0 Å². The topological polar surface area (TPSA) is 70.2 Å². The molecule has 1 aliphatic heterocycles. The van der Waals surface area contributed by atoms with E-state index in [2.05, 4.69) is 25.5 Å². The molecule has 1 saturated carbocycles. The number of urea groups is 1. The van der Waals surface area contributed by atoms with Crippen LogP contribution in [0.1, 0.15) is 32.1 Å². The second-order valence-electron chi connectivity index (χ2n) is 5.62. The smallest absolute Gasteiger partial charge is 0.315 e. The molecule has 0 aromatic carbocycles. The number of carbonyl (C=O) groups excluding carboxylic acids is 1. The van der Waals surface area contributed by atoms with E-state index >= 15 is 0 Å². The predicted molar refractivity (Wildman–Crippen MR) is 76.6 cm³/mol. The van der Waals surface area contributed by atoms with Gasteiger partial charge in [-0.3, -0.25) is 4.98 Å². The number of carbonyl (C=O) groups is 1. The fraction of sp³-hybridized carbons (Fsp3) is 0.643. The van der Waals surface area contributed by atoms with Crippen LogP contribution in [0.15, 0.2) is 18.6 Å². The summed E-state index contributed by atoms with van der Waals surface area (Å²) in [5.41, 5.74) is 0. The van der Waals surface area contributed by atoms with Gasteiger partial charge in [0, 0.05) is 31.5 Å². The predicted octanol–water partition coefficient (Wildman–Crippen LogP) is 1.30. The summed E-state index contributed by atoms with van der Waals surface area (Å²) in [6.07, 6.45) is 11.1. The van der Waals surface area contributed by atoms with Gasteiger partial charge in [-0.15, -0.1) is 0 Å². The van der Waals surface area contributed by atoms with Gasteiger partial charge in [0.2, 0.25) is 0 Å². The van der Waals surface area contributed by atoms with Gasteiger partial charge in [0.05, 0.1) is 12.2 Å². The van der Waals surface area contributed by atoms with Crippen LogP contribution in [0.4, 0.5) is 10.6 Å².